The highest BCUT2D eigenvalue weighted by molar-refractivity contribution is 7.89. The Morgan fingerprint density at radius 2 is 2.06 bits per heavy atom. The van der Waals surface area contributed by atoms with Gasteiger partial charge in [-0.1, -0.05) is 24.3 Å². The topological polar surface area (TPSA) is 70.0 Å². The van der Waals surface area contributed by atoms with E-state index >= 15 is 0 Å². The summed E-state index contributed by atoms with van der Waals surface area (Å²) in [5, 5.41) is 8.82. The lowest BCUT2D eigenvalue weighted by Crippen LogP contribution is -2.24. The van der Waals surface area contributed by atoms with Gasteiger partial charge in [-0.15, -0.1) is 11.6 Å². The molecular formula is C11H11ClN2O2S. The summed E-state index contributed by atoms with van der Waals surface area (Å²) in [6, 6.07) is 7.89. The molecule has 0 unspecified atom stereocenters. The third-order valence-corrected chi connectivity index (χ3v) is 3.60. The Hall–Kier alpha value is -1.35. The summed E-state index contributed by atoms with van der Waals surface area (Å²) < 4.78 is 26.1. The van der Waals surface area contributed by atoms with E-state index in [0.29, 0.717) is 5.88 Å². The van der Waals surface area contributed by atoms with Gasteiger partial charge in [-0.2, -0.15) is 5.26 Å². The van der Waals surface area contributed by atoms with Crippen molar-refractivity contribution in [3.8, 4) is 6.07 Å². The number of hydrogen-bond donors (Lipinski definition) is 1. The molecule has 0 aliphatic carbocycles. The summed E-state index contributed by atoms with van der Waals surface area (Å²) in [4.78, 5) is -0.0122. The minimum absolute atomic E-state index is 0.0122. The van der Waals surface area contributed by atoms with Crippen LogP contribution in [0.4, 0.5) is 0 Å². The van der Waals surface area contributed by atoms with Crippen LogP contribution in [0.5, 0.6) is 0 Å². The van der Waals surface area contributed by atoms with Crippen LogP contribution in [-0.4, -0.2) is 20.8 Å². The fraction of sp³-hybridized carbons (Fsp3) is 0.182. The molecule has 4 nitrogen and oxygen atoms in total. The predicted octanol–water partition coefficient (Wildman–Crippen LogP) is 1.63. The summed E-state index contributed by atoms with van der Waals surface area (Å²) in [7, 11) is -3.65. The Morgan fingerprint density at radius 3 is 2.71 bits per heavy atom. The molecule has 0 bridgehead atoms. The maximum Gasteiger partial charge on any atom is 0.242 e. The first-order valence-corrected chi connectivity index (χ1v) is 6.83. The minimum atomic E-state index is -3.65. The molecule has 0 saturated carbocycles. The van der Waals surface area contributed by atoms with Crippen molar-refractivity contribution in [3.63, 3.8) is 0 Å². The number of nitrogens with zero attached hydrogens (tertiary/aromatic N) is 1. The van der Waals surface area contributed by atoms with Gasteiger partial charge in [0.15, 0.2) is 0 Å². The van der Waals surface area contributed by atoms with Gasteiger partial charge >= 0.3 is 0 Å². The van der Waals surface area contributed by atoms with Gasteiger partial charge in [-0.3, -0.25) is 0 Å². The number of nitrogens with one attached hydrogen (secondary N) is 1. The summed E-state index contributed by atoms with van der Waals surface area (Å²) in [5.74, 6) is 0.330. The quantitative estimate of drug-likeness (QED) is 0.653. The van der Waals surface area contributed by atoms with Crippen molar-refractivity contribution in [1.82, 2.24) is 4.72 Å². The molecule has 90 valence electrons. The summed E-state index contributed by atoms with van der Waals surface area (Å²) in [6.45, 7) is 0.148. The van der Waals surface area contributed by atoms with Crippen LogP contribution in [0.1, 0.15) is 5.56 Å². The van der Waals surface area contributed by atoms with Crippen molar-refractivity contribution in [2.24, 2.45) is 0 Å². The molecule has 0 aromatic heterocycles. The zero-order chi connectivity index (χ0) is 12.7. The second kappa shape index (κ2) is 6.40. The highest BCUT2D eigenvalue weighted by Gasteiger charge is 2.16. The molecule has 0 aliphatic rings. The smallest absolute Gasteiger partial charge is 0.207 e. The molecule has 0 radical (unpaired) electrons. The van der Waals surface area contributed by atoms with Crippen molar-refractivity contribution in [3.05, 3.63) is 42.0 Å². The zero-order valence-electron chi connectivity index (χ0n) is 8.93. The summed E-state index contributed by atoms with van der Waals surface area (Å²) in [6.07, 6.45) is 3.25. The van der Waals surface area contributed by atoms with Gasteiger partial charge in [0.2, 0.25) is 10.0 Å². The van der Waals surface area contributed by atoms with Gasteiger partial charge in [-0.25, -0.2) is 13.1 Å². The number of nitriles is 1. The van der Waals surface area contributed by atoms with E-state index in [-0.39, 0.29) is 17.0 Å². The number of halogens is 1. The molecule has 6 heteroatoms. The maximum atomic E-state index is 11.8. The third kappa shape index (κ3) is 3.86. The summed E-state index contributed by atoms with van der Waals surface area (Å²) in [5.41, 5.74) is 0.126. The Balaban J connectivity index is 2.91. The van der Waals surface area contributed by atoms with Crippen molar-refractivity contribution >= 4 is 21.6 Å². The third-order valence-electron chi connectivity index (χ3n) is 1.94. The molecule has 1 rings (SSSR count). The average Bonchev–Trinajstić information content (AvgIpc) is 2.34. The highest BCUT2D eigenvalue weighted by Crippen LogP contribution is 2.13. The summed E-state index contributed by atoms with van der Waals surface area (Å²) >= 11 is 5.41. The van der Waals surface area contributed by atoms with Crippen molar-refractivity contribution < 1.29 is 8.42 Å². The number of hydrogen-bond acceptors (Lipinski definition) is 3. The molecule has 0 saturated heterocycles. The van der Waals surface area contributed by atoms with E-state index in [0.717, 1.165) is 0 Å². The second-order valence-electron chi connectivity index (χ2n) is 3.09. The van der Waals surface area contributed by atoms with Gasteiger partial charge in [0.05, 0.1) is 10.5 Å². The van der Waals surface area contributed by atoms with Crippen LogP contribution < -0.4 is 4.72 Å². The van der Waals surface area contributed by atoms with Crippen LogP contribution in [-0.2, 0) is 10.0 Å². The lowest BCUT2D eigenvalue weighted by Gasteiger charge is -2.05. The molecule has 1 aromatic rings. The molecular weight excluding hydrogens is 260 g/mol. The number of allylic oxidation sites excluding steroid dienone is 1. The standard InChI is InChI=1S/C11H11ClN2O2S/c12-7-3-4-8-14-17(15,16)11-6-2-1-5-10(11)9-13/h1-6,14H,7-8H2/b4-3+. The highest BCUT2D eigenvalue weighted by atomic mass is 35.5. The monoisotopic (exact) mass is 270 g/mol. The van der Waals surface area contributed by atoms with E-state index in [4.69, 9.17) is 16.9 Å². The van der Waals surface area contributed by atoms with Gasteiger partial charge in [-0.05, 0) is 12.1 Å². The Labute approximate surface area is 106 Å². The molecule has 0 fully saturated rings. The first kappa shape index (κ1) is 13.7. The van der Waals surface area contributed by atoms with E-state index in [1.165, 1.54) is 12.1 Å². The average molecular weight is 271 g/mol. The number of sulfonamides is 1. The molecule has 1 aromatic carbocycles. The van der Waals surface area contributed by atoms with Crippen LogP contribution in [0.3, 0.4) is 0 Å². The van der Waals surface area contributed by atoms with E-state index in [9.17, 15) is 8.42 Å². The lowest BCUT2D eigenvalue weighted by atomic mass is 10.2. The van der Waals surface area contributed by atoms with Crippen LogP contribution in [0, 0.1) is 11.3 Å². The van der Waals surface area contributed by atoms with Crippen LogP contribution in [0.25, 0.3) is 0 Å². The van der Waals surface area contributed by atoms with Crippen LogP contribution >= 0.6 is 11.6 Å². The van der Waals surface area contributed by atoms with Crippen molar-refractivity contribution in [2.45, 2.75) is 4.90 Å². The largest absolute Gasteiger partial charge is 0.242 e. The van der Waals surface area contributed by atoms with Crippen molar-refractivity contribution in [1.29, 1.82) is 5.26 Å². The normalized spacial score (nSPS) is 11.5. The van der Waals surface area contributed by atoms with Crippen LogP contribution in [0.15, 0.2) is 41.3 Å². The molecule has 0 heterocycles. The fourth-order valence-electron chi connectivity index (χ4n) is 1.18. The van der Waals surface area contributed by atoms with Gasteiger partial charge in [0, 0.05) is 12.4 Å². The van der Waals surface area contributed by atoms with E-state index in [1.54, 1.807) is 24.3 Å². The van der Waals surface area contributed by atoms with Gasteiger partial charge in [0.1, 0.15) is 6.07 Å². The predicted molar refractivity (Wildman–Crippen MR) is 66.2 cm³/mol. The molecule has 0 atom stereocenters. The Kier molecular flexibility index (Phi) is 5.16. The van der Waals surface area contributed by atoms with E-state index in [2.05, 4.69) is 4.72 Å². The van der Waals surface area contributed by atoms with Crippen molar-refractivity contribution in [2.75, 3.05) is 12.4 Å². The van der Waals surface area contributed by atoms with Gasteiger partial charge in [0.25, 0.3) is 0 Å². The van der Waals surface area contributed by atoms with Crippen LogP contribution in [0.2, 0.25) is 0 Å². The van der Waals surface area contributed by atoms with E-state index in [1.807, 2.05) is 6.07 Å². The fourth-order valence-corrected chi connectivity index (χ4v) is 2.43. The second-order valence-corrected chi connectivity index (χ2v) is 5.13. The molecule has 0 aliphatic heterocycles. The molecule has 1 N–H and O–H groups in total. The molecule has 0 spiro atoms. The van der Waals surface area contributed by atoms with Gasteiger partial charge < -0.3 is 0 Å². The lowest BCUT2D eigenvalue weighted by molar-refractivity contribution is 0.585. The molecule has 0 amide bonds. The maximum absolute atomic E-state index is 11.8. The minimum Gasteiger partial charge on any atom is -0.207 e. The number of rotatable bonds is 5. The Morgan fingerprint density at radius 1 is 1.35 bits per heavy atom. The number of benzene rings is 1. The van der Waals surface area contributed by atoms with E-state index < -0.39 is 10.0 Å². The first-order valence-electron chi connectivity index (χ1n) is 4.81. The first-order chi connectivity index (χ1) is 8.11. The Bertz CT molecular complexity index is 547. The number of alkyl halides is 1. The molecule has 17 heavy (non-hydrogen) atoms. The SMILES string of the molecule is N#Cc1ccccc1S(=O)(=O)NC/C=C/CCl. The zero-order valence-corrected chi connectivity index (χ0v) is 10.5.